The minimum atomic E-state index is -2.01. The van der Waals surface area contributed by atoms with E-state index in [0.29, 0.717) is 10.0 Å². The van der Waals surface area contributed by atoms with Crippen LogP contribution >= 0.6 is 15.9 Å². The molecule has 0 aliphatic carbocycles. The van der Waals surface area contributed by atoms with E-state index in [1.165, 1.54) is 0 Å². The predicted molar refractivity (Wildman–Crippen MR) is 38.9 cm³/mol. The lowest BCUT2D eigenvalue weighted by molar-refractivity contribution is 1.43. The van der Waals surface area contributed by atoms with Crippen molar-refractivity contribution in [2.45, 2.75) is 6.85 Å². The Hall–Kier alpha value is -0.300. The van der Waals surface area contributed by atoms with Crippen molar-refractivity contribution in [1.82, 2.24) is 0 Å². The van der Waals surface area contributed by atoms with E-state index in [4.69, 9.17) is 4.11 Å². The van der Waals surface area contributed by atoms with Gasteiger partial charge in [0, 0.05) is 8.58 Å². The lowest BCUT2D eigenvalue weighted by Gasteiger charge is -1.91. The molecule has 1 aromatic rings. The first kappa shape index (κ1) is 3.02. The zero-order chi connectivity index (χ0) is 8.48. The molecule has 8 heavy (non-hydrogen) atoms. The smallest absolute Gasteiger partial charge is 0.0280 e. The zero-order valence-corrected chi connectivity index (χ0v) is 5.77. The standard InChI is InChI=1S/C7H7Br/c1-6-4-2-3-5-7(6)8/h2-5H,1H3/i1D3. The summed E-state index contributed by atoms with van der Waals surface area (Å²) >= 11 is 3.17. The topological polar surface area (TPSA) is 0 Å². The summed E-state index contributed by atoms with van der Waals surface area (Å²) < 4.78 is 22.0. The second-order valence-electron chi connectivity index (χ2n) is 1.48. The maximum atomic E-state index is 7.12. The van der Waals surface area contributed by atoms with E-state index >= 15 is 0 Å². The number of benzene rings is 1. The molecule has 0 amide bonds. The quantitative estimate of drug-likeness (QED) is 0.567. The van der Waals surface area contributed by atoms with Crippen LogP contribution < -0.4 is 0 Å². The summed E-state index contributed by atoms with van der Waals surface area (Å²) in [6.45, 7) is -2.01. The molecule has 0 heterocycles. The minimum absolute atomic E-state index is 0.361. The summed E-state index contributed by atoms with van der Waals surface area (Å²) in [6.07, 6.45) is 0. The molecule has 0 unspecified atom stereocenters. The summed E-state index contributed by atoms with van der Waals surface area (Å²) in [5.74, 6) is 0. The van der Waals surface area contributed by atoms with Crippen LogP contribution in [0, 0.1) is 6.85 Å². The number of halogens is 1. The first-order valence-corrected chi connectivity index (χ1v) is 3.06. The molecule has 0 aliphatic heterocycles. The summed E-state index contributed by atoms with van der Waals surface area (Å²) in [7, 11) is 0. The van der Waals surface area contributed by atoms with Gasteiger partial charge in [-0.25, -0.2) is 0 Å². The highest BCUT2D eigenvalue weighted by atomic mass is 79.9. The number of aryl methyl sites for hydroxylation is 1. The number of hydrogen-bond acceptors (Lipinski definition) is 0. The van der Waals surface area contributed by atoms with Crippen LogP contribution in [0.3, 0.4) is 0 Å². The average Bonchev–Trinajstić information content (AvgIpc) is 1.86. The summed E-state index contributed by atoms with van der Waals surface area (Å²) in [5.41, 5.74) is 0.361. The van der Waals surface area contributed by atoms with E-state index < -0.39 is 6.85 Å². The third kappa shape index (κ3) is 1.10. The van der Waals surface area contributed by atoms with Gasteiger partial charge in [0.05, 0.1) is 0 Å². The van der Waals surface area contributed by atoms with Crippen molar-refractivity contribution in [2.24, 2.45) is 0 Å². The summed E-state index contributed by atoms with van der Waals surface area (Å²) in [6, 6.07) is 6.82. The molecule has 0 radical (unpaired) electrons. The van der Waals surface area contributed by atoms with Gasteiger partial charge in [0.15, 0.2) is 0 Å². The minimum Gasteiger partial charge on any atom is -0.0619 e. The highest BCUT2D eigenvalue weighted by Gasteiger charge is 1.85. The first-order valence-electron chi connectivity index (χ1n) is 3.77. The Morgan fingerprint density at radius 1 is 1.50 bits per heavy atom. The largest absolute Gasteiger partial charge is 0.0619 e. The molecule has 1 heteroatoms. The van der Waals surface area contributed by atoms with Gasteiger partial charge in [-0.3, -0.25) is 0 Å². The second-order valence-corrected chi connectivity index (χ2v) is 2.33. The Morgan fingerprint density at radius 3 is 2.75 bits per heavy atom. The fourth-order valence-electron chi connectivity index (χ4n) is 0.461. The van der Waals surface area contributed by atoms with Crippen molar-refractivity contribution in [3.05, 3.63) is 34.3 Å². The fraction of sp³-hybridized carbons (Fsp3) is 0.143. The van der Waals surface area contributed by atoms with E-state index in [1.54, 1.807) is 24.3 Å². The molecule has 0 N–H and O–H groups in total. The Labute approximate surface area is 61.9 Å². The molecule has 1 rings (SSSR count). The molecular weight excluding hydrogens is 164 g/mol. The lowest BCUT2D eigenvalue weighted by atomic mass is 10.2. The molecular formula is C7H7Br. The summed E-state index contributed by atoms with van der Waals surface area (Å²) in [4.78, 5) is 0. The molecule has 0 aliphatic rings. The summed E-state index contributed by atoms with van der Waals surface area (Å²) in [5, 5.41) is 0. The van der Waals surface area contributed by atoms with E-state index in [1.807, 2.05) is 0 Å². The van der Waals surface area contributed by atoms with Crippen molar-refractivity contribution in [1.29, 1.82) is 0 Å². The maximum absolute atomic E-state index is 7.12. The second kappa shape index (κ2) is 2.31. The van der Waals surface area contributed by atoms with Gasteiger partial charge in [-0.2, -0.15) is 0 Å². The van der Waals surface area contributed by atoms with E-state index in [0.717, 1.165) is 0 Å². The van der Waals surface area contributed by atoms with Gasteiger partial charge in [0.1, 0.15) is 0 Å². The van der Waals surface area contributed by atoms with Crippen molar-refractivity contribution in [3.63, 3.8) is 0 Å². The molecule has 0 saturated heterocycles. The van der Waals surface area contributed by atoms with Gasteiger partial charge in [-0.15, -0.1) is 0 Å². The molecule has 0 spiro atoms. The molecule has 0 aromatic heterocycles. The highest BCUT2D eigenvalue weighted by molar-refractivity contribution is 9.10. The van der Waals surface area contributed by atoms with Crippen LogP contribution in [0.25, 0.3) is 0 Å². The lowest BCUT2D eigenvalue weighted by Crippen LogP contribution is -1.69. The third-order valence-corrected chi connectivity index (χ3v) is 1.57. The Kier molecular flexibility index (Phi) is 0.873. The maximum Gasteiger partial charge on any atom is 0.0280 e. The van der Waals surface area contributed by atoms with Crippen LogP contribution in [-0.4, -0.2) is 0 Å². The van der Waals surface area contributed by atoms with Crippen LogP contribution in [0.5, 0.6) is 0 Å². The van der Waals surface area contributed by atoms with Crippen LogP contribution in [0.1, 0.15) is 9.68 Å². The van der Waals surface area contributed by atoms with Crippen molar-refractivity contribution < 1.29 is 4.11 Å². The first-order chi connectivity index (χ1) is 5.02. The molecule has 0 nitrogen and oxygen atoms in total. The SMILES string of the molecule is [2H]C([2H])([2H])c1ccccc1Br. The third-order valence-electron chi connectivity index (χ3n) is 0.874. The highest BCUT2D eigenvalue weighted by Crippen LogP contribution is 2.13. The van der Waals surface area contributed by atoms with Gasteiger partial charge in [0.2, 0.25) is 0 Å². The van der Waals surface area contributed by atoms with Gasteiger partial charge < -0.3 is 0 Å². The zero-order valence-electron chi connectivity index (χ0n) is 7.19. The van der Waals surface area contributed by atoms with Crippen molar-refractivity contribution in [2.75, 3.05) is 0 Å². The molecule has 0 atom stereocenters. The average molecular weight is 174 g/mol. The normalized spacial score (nSPS) is 16.4. The van der Waals surface area contributed by atoms with Gasteiger partial charge in [-0.1, -0.05) is 34.1 Å². The Bertz CT molecular complexity index is 254. The molecule has 0 bridgehead atoms. The van der Waals surface area contributed by atoms with Gasteiger partial charge in [0.25, 0.3) is 0 Å². The molecule has 1 aromatic carbocycles. The van der Waals surface area contributed by atoms with Crippen molar-refractivity contribution in [3.8, 4) is 0 Å². The molecule has 42 valence electrons. The van der Waals surface area contributed by atoms with Crippen LogP contribution in [0.15, 0.2) is 28.7 Å². The molecule has 0 saturated carbocycles. The number of hydrogen-bond donors (Lipinski definition) is 0. The van der Waals surface area contributed by atoms with E-state index in [9.17, 15) is 0 Å². The molecule has 0 fully saturated rings. The van der Waals surface area contributed by atoms with Gasteiger partial charge >= 0.3 is 0 Å². The van der Waals surface area contributed by atoms with Crippen molar-refractivity contribution >= 4 is 15.9 Å². The Balaban J connectivity index is 3.14. The predicted octanol–water partition coefficient (Wildman–Crippen LogP) is 2.76. The number of rotatable bonds is 0. The Morgan fingerprint density at radius 2 is 2.25 bits per heavy atom. The van der Waals surface area contributed by atoms with Crippen LogP contribution in [0.2, 0.25) is 0 Å². The monoisotopic (exact) mass is 173 g/mol. The fourth-order valence-corrected chi connectivity index (χ4v) is 0.746. The van der Waals surface area contributed by atoms with Crippen LogP contribution in [-0.2, 0) is 0 Å². The van der Waals surface area contributed by atoms with E-state index in [2.05, 4.69) is 15.9 Å². The van der Waals surface area contributed by atoms with E-state index in [-0.39, 0.29) is 0 Å². The van der Waals surface area contributed by atoms with Crippen LogP contribution in [0.4, 0.5) is 0 Å². The van der Waals surface area contributed by atoms with Gasteiger partial charge in [-0.05, 0) is 18.5 Å².